The molecule has 0 rings (SSSR count). The van der Waals surface area contributed by atoms with Crippen molar-refractivity contribution in [1.82, 2.24) is 0 Å². The minimum Gasteiger partial charge on any atom is -0.462 e. The largest absolute Gasteiger partial charge is 0.472 e. The van der Waals surface area contributed by atoms with Crippen molar-refractivity contribution in [3.63, 3.8) is 0 Å². The Bertz CT molecular complexity index is 1220. The van der Waals surface area contributed by atoms with Gasteiger partial charge in [-0.2, -0.15) is 0 Å². The first-order chi connectivity index (χ1) is 27.1. The van der Waals surface area contributed by atoms with E-state index in [9.17, 15) is 29.3 Å². The van der Waals surface area contributed by atoms with E-state index >= 15 is 0 Å². The molecule has 0 bridgehead atoms. The summed E-state index contributed by atoms with van der Waals surface area (Å²) in [4.78, 5) is 34.9. The zero-order chi connectivity index (χ0) is 41.4. The van der Waals surface area contributed by atoms with Gasteiger partial charge in [-0.05, 0) is 70.6 Å². The van der Waals surface area contributed by atoms with Crippen LogP contribution in [0.2, 0.25) is 0 Å². The molecule has 12 heteroatoms. The zero-order valence-electron chi connectivity index (χ0n) is 34.2. The Hall–Kier alpha value is -2.89. The number of allylic oxidation sites excluding steroid dienone is 13. The number of rotatable bonds is 37. The highest BCUT2D eigenvalue weighted by atomic mass is 31.2. The predicted octanol–water partition coefficient (Wildman–Crippen LogP) is 9.63. The number of aliphatic hydroxyl groups is 3. The summed E-state index contributed by atoms with van der Waals surface area (Å²) in [6, 6.07) is 0. The third kappa shape index (κ3) is 38.0. The van der Waals surface area contributed by atoms with E-state index < -0.39 is 57.9 Å². The topological polar surface area (TPSA) is 169 Å². The van der Waals surface area contributed by atoms with Gasteiger partial charge in [0.1, 0.15) is 12.7 Å². The summed E-state index contributed by atoms with van der Waals surface area (Å²) in [5, 5.41) is 28.4. The third-order valence-corrected chi connectivity index (χ3v) is 9.09. The molecule has 0 saturated heterocycles. The van der Waals surface area contributed by atoms with Gasteiger partial charge in [0.2, 0.25) is 0 Å². The summed E-state index contributed by atoms with van der Waals surface area (Å²) in [6.07, 6.45) is 41.5. The molecule has 0 aromatic heterocycles. The maximum absolute atomic E-state index is 12.6. The van der Waals surface area contributed by atoms with Crippen molar-refractivity contribution in [1.29, 1.82) is 0 Å². The Morgan fingerprint density at radius 3 is 1.86 bits per heavy atom. The normalized spacial score (nSPS) is 15.3. The number of phosphoric ester groups is 1. The molecule has 0 aromatic carbocycles. The monoisotopic (exact) mass is 808 g/mol. The van der Waals surface area contributed by atoms with E-state index in [1.165, 1.54) is 19.3 Å². The molecular weight excluding hydrogens is 735 g/mol. The van der Waals surface area contributed by atoms with Gasteiger partial charge in [0.15, 0.2) is 6.10 Å². The Balaban J connectivity index is 4.53. The van der Waals surface area contributed by atoms with Crippen LogP contribution < -0.4 is 0 Å². The molecule has 4 atom stereocenters. The standard InChI is InChI=1S/C44H73O11P/c1-3-5-7-9-11-12-13-14-15-16-17-18-19-20-22-26-31-35-44(49)55-42(39-54-56(50,51)53-37-41(47)36-45)38-52-43(48)34-30-27-23-25-29-33-40(46)32-28-24-21-10-8-6-4-2/h6,8,11-12,14-15,17-18,20-22,24,28,32,40-42,45-47H,3-5,7,9-10,13,16,19,23,25-27,29-31,33-39H2,1-2H3,(H,50,51)/b8-6+,12-11-,15-14-,18-17-,22-20-,24-21+,32-28+/t40?,41-,42+/m0/s1. The molecule has 0 fully saturated rings. The van der Waals surface area contributed by atoms with Crippen LogP contribution in [-0.2, 0) is 32.7 Å². The van der Waals surface area contributed by atoms with E-state index in [0.29, 0.717) is 25.7 Å². The number of aliphatic hydroxyl groups excluding tert-OH is 3. The summed E-state index contributed by atoms with van der Waals surface area (Å²) in [7, 11) is -4.66. The summed E-state index contributed by atoms with van der Waals surface area (Å²) in [5.74, 6) is -1.08. The molecule has 2 unspecified atom stereocenters. The van der Waals surface area contributed by atoms with Crippen LogP contribution in [0, 0.1) is 0 Å². The highest BCUT2D eigenvalue weighted by Crippen LogP contribution is 2.43. The van der Waals surface area contributed by atoms with Crippen LogP contribution in [-0.4, -0.2) is 76.9 Å². The molecule has 0 aliphatic carbocycles. The number of esters is 2. The van der Waals surface area contributed by atoms with Gasteiger partial charge in [-0.1, -0.05) is 137 Å². The minimum absolute atomic E-state index is 0.0831. The van der Waals surface area contributed by atoms with Gasteiger partial charge in [-0.25, -0.2) is 4.57 Å². The van der Waals surface area contributed by atoms with Crippen molar-refractivity contribution >= 4 is 19.8 Å². The van der Waals surface area contributed by atoms with Gasteiger partial charge in [0.05, 0.1) is 25.9 Å². The van der Waals surface area contributed by atoms with Crippen LogP contribution in [0.1, 0.15) is 136 Å². The fourth-order valence-electron chi connectivity index (χ4n) is 4.93. The van der Waals surface area contributed by atoms with Crippen molar-refractivity contribution in [2.75, 3.05) is 26.4 Å². The Kier molecular flexibility index (Phi) is 36.9. The number of unbranched alkanes of at least 4 members (excludes halogenated alkanes) is 8. The SMILES string of the molecule is CC/C=C/C/C=C/C=C/C(O)CCCCCCCC(=O)OC[C@H](COP(=O)(O)OC[C@@H](O)CO)OC(=O)CCC/C=C\C/C=C\C/C=C\C/C=C\CCCCC. The summed E-state index contributed by atoms with van der Waals surface area (Å²) >= 11 is 0. The molecule has 0 aromatic rings. The summed E-state index contributed by atoms with van der Waals surface area (Å²) in [6.45, 7) is 2.02. The average molecular weight is 809 g/mol. The highest BCUT2D eigenvalue weighted by Gasteiger charge is 2.27. The van der Waals surface area contributed by atoms with E-state index in [1.54, 1.807) is 6.08 Å². The summed E-state index contributed by atoms with van der Waals surface area (Å²) in [5.41, 5.74) is 0. The van der Waals surface area contributed by atoms with Gasteiger partial charge in [0, 0.05) is 12.8 Å². The summed E-state index contributed by atoms with van der Waals surface area (Å²) < 4.78 is 32.5. The average Bonchev–Trinajstić information content (AvgIpc) is 3.18. The maximum Gasteiger partial charge on any atom is 0.472 e. The fraction of sp³-hybridized carbons (Fsp3) is 0.636. The second-order valence-electron chi connectivity index (χ2n) is 13.5. The number of hydrogen-bond donors (Lipinski definition) is 4. The Labute approximate surface area is 337 Å². The molecule has 11 nitrogen and oxygen atoms in total. The van der Waals surface area contributed by atoms with Crippen LogP contribution in [0.5, 0.6) is 0 Å². The van der Waals surface area contributed by atoms with Crippen molar-refractivity contribution in [3.05, 3.63) is 85.1 Å². The molecule has 0 heterocycles. The van der Waals surface area contributed by atoms with Gasteiger partial charge in [-0.15, -0.1) is 0 Å². The van der Waals surface area contributed by atoms with E-state index in [0.717, 1.165) is 64.2 Å². The smallest absolute Gasteiger partial charge is 0.462 e. The molecule has 320 valence electrons. The van der Waals surface area contributed by atoms with Crippen LogP contribution in [0.25, 0.3) is 0 Å². The van der Waals surface area contributed by atoms with E-state index in [-0.39, 0.29) is 19.4 Å². The van der Waals surface area contributed by atoms with Crippen LogP contribution in [0.15, 0.2) is 85.1 Å². The van der Waals surface area contributed by atoms with E-state index in [4.69, 9.17) is 19.1 Å². The van der Waals surface area contributed by atoms with Crippen molar-refractivity contribution in [3.8, 4) is 0 Å². The quantitative estimate of drug-likeness (QED) is 0.0155. The molecule has 0 aliphatic heterocycles. The Morgan fingerprint density at radius 1 is 0.625 bits per heavy atom. The first kappa shape index (κ1) is 53.1. The molecule has 0 radical (unpaired) electrons. The lowest BCUT2D eigenvalue weighted by molar-refractivity contribution is -0.161. The van der Waals surface area contributed by atoms with E-state index in [2.05, 4.69) is 67.0 Å². The lowest BCUT2D eigenvalue weighted by atomic mass is 10.1. The van der Waals surface area contributed by atoms with E-state index in [1.807, 2.05) is 30.4 Å². The van der Waals surface area contributed by atoms with Crippen LogP contribution in [0.4, 0.5) is 0 Å². The second kappa shape index (κ2) is 39.0. The lowest BCUT2D eigenvalue weighted by Gasteiger charge is -2.20. The first-order valence-electron chi connectivity index (χ1n) is 20.7. The Morgan fingerprint density at radius 2 is 1.20 bits per heavy atom. The molecule has 0 saturated carbocycles. The van der Waals surface area contributed by atoms with Gasteiger partial charge < -0.3 is 29.7 Å². The molecule has 4 N–H and O–H groups in total. The maximum atomic E-state index is 12.6. The van der Waals surface area contributed by atoms with Crippen molar-refractivity contribution in [2.24, 2.45) is 0 Å². The van der Waals surface area contributed by atoms with Crippen LogP contribution in [0.3, 0.4) is 0 Å². The minimum atomic E-state index is -4.66. The molecule has 56 heavy (non-hydrogen) atoms. The van der Waals surface area contributed by atoms with Gasteiger partial charge >= 0.3 is 19.8 Å². The van der Waals surface area contributed by atoms with Crippen LogP contribution >= 0.6 is 7.82 Å². The number of carbonyl (C=O) groups excluding carboxylic acids is 2. The lowest BCUT2D eigenvalue weighted by Crippen LogP contribution is -2.29. The predicted molar refractivity (Wildman–Crippen MR) is 225 cm³/mol. The fourth-order valence-corrected chi connectivity index (χ4v) is 5.72. The zero-order valence-corrected chi connectivity index (χ0v) is 35.1. The van der Waals surface area contributed by atoms with Gasteiger partial charge in [0.25, 0.3) is 0 Å². The van der Waals surface area contributed by atoms with Crippen molar-refractivity contribution < 1.29 is 52.9 Å². The van der Waals surface area contributed by atoms with Gasteiger partial charge in [-0.3, -0.25) is 18.6 Å². The second-order valence-corrected chi connectivity index (χ2v) is 14.9. The third-order valence-electron chi connectivity index (χ3n) is 8.14. The number of hydrogen-bond acceptors (Lipinski definition) is 10. The first-order valence-corrected chi connectivity index (χ1v) is 22.1. The molecule has 0 spiro atoms. The van der Waals surface area contributed by atoms with Crippen molar-refractivity contribution in [2.45, 2.75) is 154 Å². The number of carbonyl (C=O) groups is 2. The molecular formula is C44H73O11P. The molecule has 0 amide bonds. The number of ether oxygens (including phenoxy) is 2. The number of phosphoric acid groups is 1. The highest BCUT2D eigenvalue weighted by molar-refractivity contribution is 7.47. The molecule has 0 aliphatic rings.